The van der Waals surface area contributed by atoms with Crippen molar-refractivity contribution in [3.8, 4) is 0 Å². The first kappa shape index (κ1) is 52.9. The van der Waals surface area contributed by atoms with Crippen LogP contribution < -0.4 is 5.32 Å². The lowest BCUT2D eigenvalue weighted by Gasteiger charge is -2.15. The second-order valence-electron chi connectivity index (χ2n) is 13.6. The SMILES string of the molecule is CC/C=C\C/C=C\C/C=C\C/C=C\C/C=C\C/C=C\CCC(=O)NCCOP(=O)(O)OCC(O)COC(=O)CCCCCCC/C=C\C/C=C\CCCCCC. The van der Waals surface area contributed by atoms with E-state index in [-0.39, 0.29) is 38.5 Å². The maximum Gasteiger partial charge on any atom is 0.472 e. The zero-order chi connectivity index (χ0) is 41.1. The Labute approximate surface area is 340 Å². The van der Waals surface area contributed by atoms with Gasteiger partial charge in [0.2, 0.25) is 5.91 Å². The molecule has 0 rings (SSSR count). The van der Waals surface area contributed by atoms with Gasteiger partial charge in [-0.25, -0.2) is 4.57 Å². The average Bonchev–Trinajstić information content (AvgIpc) is 3.18. The van der Waals surface area contributed by atoms with Gasteiger partial charge in [-0.05, 0) is 83.5 Å². The molecular weight excluding hydrogens is 725 g/mol. The van der Waals surface area contributed by atoms with Crippen LogP contribution in [0.15, 0.2) is 97.2 Å². The Morgan fingerprint density at radius 1 is 0.571 bits per heavy atom. The first-order valence-electron chi connectivity index (χ1n) is 21.2. The van der Waals surface area contributed by atoms with E-state index in [2.05, 4.69) is 104 Å². The number of unbranched alkanes of at least 4 members (excludes halogenated alkanes) is 9. The summed E-state index contributed by atoms with van der Waals surface area (Å²) in [4.78, 5) is 33.8. The van der Waals surface area contributed by atoms with E-state index in [0.29, 0.717) is 12.8 Å². The van der Waals surface area contributed by atoms with Crippen molar-refractivity contribution < 1.29 is 37.9 Å². The highest BCUT2D eigenvalue weighted by Crippen LogP contribution is 2.42. The normalized spacial score (nSPS) is 14.3. The molecule has 0 bridgehead atoms. The van der Waals surface area contributed by atoms with Gasteiger partial charge in [0.15, 0.2) is 0 Å². The molecule has 0 spiro atoms. The zero-order valence-electron chi connectivity index (χ0n) is 34.8. The lowest BCUT2D eigenvalue weighted by molar-refractivity contribution is -0.147. The van der Waals surface area contributed by atoms with E-state index in [1.807, 2.05) is 12.2 Å². The molecule has 0 radical (unpaired) electrons. The van der Waals surface area contributed by atoms with E-state index in [9.17, 15) is 24.2 Å². The molecule has 0 aliphatic carbocycles. The van der Waals surface area contributed by atoms with Crippen LogP contribution >= 0.6 is 7.82 Å². The van der Waals surface area contributed by atoms with Gasteiger partial charge >= 0.3 is 13.8 Å². The number of aliphatic hydroxyl groups is 1. The maximum atomic E-state index is 12.1. The minimum Gasteiger partial charge on any atom is -0.463 e. The fourth-order valence-electron chi connectivity index (χ4n) is 5.08. The molecule has 0 aliphatic heterocycles. The van der Waals surface area contributed by atoms with Crippen LogP contribution in [0.1, 0.15) is 149 Å². The lowest BCUT2D eigenvalue weighted by Crippen LogP contribution is -2.27. The van der Waals surface area contributed by atoms with Crippen LogP contribution in [-0.4, -0.2) is 54.3 Å². The number of amides is 1. The molecule has 0 saturated carbocycles. The summed E-state index contributed by atoms with van der Waals surface area (Å²) in [5, 5.41) is 12.6. The average molecular weight is 802 g/mol. The summed E-state index contributed by atoms with van der Waals surface area (Å²) in [6, 6.07) is 0. The number of esters is 1. The summed E-state index contributed by atoms with van der Waals surface area (Å²) in [7, 11) is -4.45. The van der Waals surface area contributed by atoms with Gasteiger partial charge in [0.25, 0.3) is 0 Å². The fourth-order valence-corrected chi connectivity index (χ4v) is 5.84. The molecule has 2 atom stereocenters. The first-order valence-corrected chi connectivity index (χ1v) is 22.7. The lowest BCUT2D eigenvalue weighted by atomic mass is 10.1. The third kappa shape index (κ3) is 42.1. The Morgan fingerprint density at radius 3 is 1.57 bits per heavy atom. The van der Waals surface area contributed by atoms with Crippen LogP contribution in [0, 0.1) is 0 Å². The summed E-state index contributed by atoms with van der Waals surface area (Å²) < 4.78 is 26.8. The van der Waals surface area contributed by atoms with Gasteiger partial charge in [0, 0.05) is 19.4 Å². The number of carbonyl (C=O) groups excluding carboxylic acids is 2. The highest BCUT2D eigenvalue weighted by atomic mass is 31.2. The van der Waals surface area contributed by atoms with Crippen molar-refractivity contribution in [2.45, 2.75) is 155 Å². The smallest absolute Gasteiger partial charge is 0.463 e. The van der Waals surface area contributed by atoms with Gasteiger partial charge in [0.1, 0.15) is 12.7 Å². The van der Waals surface area contributed by atoms with E-state index >= 15 is 0 Å². The molecule has 3 N–H and O–H groups in total. The van der Waals surface area contributed by atoms with Crippen LogP contribution in [0.2, 0.25) is 0 Å². The van der Waals surface area contributed by atoms with E-state index < -0.39 is 26.5 Å². The van der Waals surface area contributed by atoms with Crippen LogP contribution in [0.3, 0.4) is 0 Å². The van der Waals surface area contributed by atoms with Gasteiger partial charge in [-0.3, -0.25) is 18.6 Å². The van der Waals surface area contributed by atoms with Gasteiger partial charge in [0.05, 0.1) is 13.2 Å². The molecule has 0 aromatic heterocycles. The van der Waals surface area contributed by atoms with Crippen LogP contribution in [0.25, 0.3) is 0 Å². The molecular formula is C46H76NO8P. The molecule has 9 nitrogen and oxygen atoms in total. The first-order chi connectivity index (χ1) is 27.3. The van der Waals surface area contributed by atoms with Gasteiger partial charge in [-0.2, -0.15) is 0 Å². The predicted octanol–water partition coefficient (Wildman–Crippen LogP) is 11.8. The molecule has 0 aromatic carbocycles. The fraction of sp³-hybridized carbons (Fsp3) is 0.609. The van der Waals surface area contributed by atoms with Crippen LogP contribution in [0.4, 0.5) is 0 Å². The van der Waals surface area contributed by atoms with Crippen molar-refractivity contribution in [1.82, 2.24) is 5.32 Å². The largest absolute Gasteiger partial charge is 0.472 e. The van der Waals surface area contributed by atoms with Crippen LogP contribution in [-0.2, 0) is 27.9 Å². The number of phosphoric acid groups is 1. The van der Waals surface area contributed by atoms with E-state index in [0.717, 1.165) is 77.0 Å². The summed E-state index contributed by atoms with van der Waals surface area (Å²) in [5.41, 5.74) is 0. The van der Waals surface area contributed by atoms with Crippen molar-refractivity contribution in [3.05, 3.63) is 97.2 Å². The Bertz CT molecular complexity index is 1230. The van der Waals surface area contributed by atoms with Gasteiger partial charge in [-0.15, -0.1) is 0 Å². The molecule has 0 saturated heterocycles. The number of ether oxygens (including phenoxy) is 1. The number of allylic oxidation sites excluding steroid dienone is 16. The highest BCUT2D eigenvalue weighted by Gasteiger charge is 2.23. The predicted molar refractivity (Wildman–Crippen MR) is 233 cm³/mol. The molecule has 318 valence electrons. The summed E-state index contributed by atoms with van der Waals surface area (Å²) in [5.74, 6) is -0.625. The quantitative estimate of drug-likeness (QED) is 0.0243. The molecule has 0 fully saturated rings. The van der Waals surface area contributed by atoms with Crippen molar-refractivity contribution in [1.29, 1.82) is 0 Å². The minimum atomic E-state index is -4.45. The topological polar surface area (TPSA) is 131 Å². The third-order valence-electron chi connectivity index (χ3n) is 8.26. The monoisotopic (exact) mass is 802 g/mol. The van der Waals surface area contributed by atoms with Gasteiger partial charge in [-0.1, -0.05) is 150 Å². The number of carbonyl (C=O) groups is 2. The standard InChI is InChI=1S/C46H76NO8P/c1-3-5-7-9-11-13-15-17-19-21-22-23-24-26-28-30-32-34-36-38-45(49)47-40-41-54-56(51,52)55-43-44(48)42-53-46(50)39-37-35-33-31-29-27-25-20-18-16-14-12-10-8-6-4-2/h5,7,11,13-14,16-17,19-20,22-23,25-26,28,32,34,44,48H,3-4,6,8-10,12,15,18,21,24,27,29-31,33,35-43H2,1-2H3,(H,47,49)(H,51,52)/b7-5-,13-11-,16-14-,19-17-,23-22-,25-20-,28-26-,34-32-. The number of aliphatic hydroxyl groups excluding tert-OH is 1. The maximum absolute atomic E-state index is 12.1. The Kier molecular flexibility index (Phi) is 39.3. The molecule has 56 heavy (non-hydrogen) atoms. The molecule has 0 aliphatic rings. The number of hydrogen-bond donors (Lipinski definition) is 3. The number of rotatable bonds is 38. The van der Waals surface area contributed by atoms with Crippen molar-refractivity contribution in [2.75, 3.05) is 26.4 Å². The van der Waals surface area contributed by atoms with E-state index in [1.54, 1.807) is 0 Å². The molecule has 0 aromatic rings. The molecule has 0 heterocycles. The molecule has 1 amide bonds. The van der Waals surface area contributed by atoms with Crippen molar-refractivity contribution >= 4 is 19.7 Å². The zero-order valence-corrected chi connectivity index (χ0v) is 35.7. The third-order valence-corrected chi connectivity index (χ3v) is 9.25. The second-order valence-corrected chi connectivity index (χ2v) is 15.0. The Balaban J connectivity index is 3.76. The minimum absolute atomic E-state index is 0.0326. The summed E-state index contributed by atoms with van der Waals surface area (Å²) >= 11 is 0. The summed E-state index contributed by atoms with van der Waals surface area (Å²) in [6.07, 6.45) is 53.5. The van der Waals surface area contributed by atoms with E-state index in [4.69, 9.17) is 13.8 Å². The molecule has 10 heteroatoms. The Hall–Kier alpha value is -3.07. The van der Waals surface area contributed by atoms with E-state index in [1.165, 1.54) is 32.1 Å². The van der Waals surface area contributed by atoms with Gasteiger partial charge < -0.3 is 20.1 Å². The van der Waals surface area contributed by atoms with Crippen LogP contribution in [0.5, 0.6) is 0 Å². The summed E-state index contributed by atoms with van der Waals surface area (Å²) in [6.45, 7) is 3.28. The number of hydrogen-bond acceptors (Lipinski definition) is 7. The number of phosphoric ester groups is 1. The molecule has 2 unspecified atom stereocenters. The Morgan fingerprint density at radius 2 is 1.04 bits per heavy atom. The van der Waals surface area contributed by atoms with Crippen molar-refractivity contribution in [3.63, 3.8) is 0 Å². The second kappa shape index (κ2) is 41.6. The number of nitrogens with one attached hydrogen (secondary N) is 1. The highest BCUT2D eigenvalue weighted by molar-refractivity contribution is 7.47. The van der Waals surface area contributed by atoms with Crippen molar-refractivity contribution in [2.24, 2.45) is 0 Å².